The lowest BCUT2D eigenvalue weighted by Crippen LogP contribution is -2.59. The van der Waals surface area contributed by atoms with E-state index < -0.39 is 39.2 Å². The number of hydrogen-bond donors (Lipinski definition) is 1. The molecule has 1 rings (SSSR count). The lowest BCUT2D eigenvalue weighted by atomic mass is 9.77. The first-order valence-electron chi connectivity index (χ1n) is 9.00. The Hall–Kier alpha value is -2.26. The molecule has 0 aliphatic carbocycles. The van der Waals surface area contributed by atoms with Crippen molar-refractivity contribution in [2.45, 2.75) is 52.0 Å². The quantitative estimate of drug-likeness (QED) is 0.459. The highest BCUT2D eigenvalue weighted by atomic mass is 32.2. The third-order valence-electron chi connectivity index (χ3n) is 4.30. The molecule has 0 aliphatic rings. The number of carbonyl (C=O) groups is 3. The summed E-state index contributed by atoms with van der Waals surface area (Å²) in [5, 5.41) is 0. The zero-order chi connectivity index (χ0) is 21.5. The molecule has 0 fully saturated rings. The molecular formula is C19H27NO7S. The summed E-state index contributed by atoms with van der Waals surface area (Å²) < 4.78 is 37.7. The lowest BCUT2D eigenvalue weighted by molar-refractivity contribution is -0.167. The number of sulfonamides is 1. The van der Waals surface area contributed by atoms with Crippen LogP contribution in [0.4, 0.5) is 0 Å². The average molecular weight is 413 g/mol. The van der Waals surface area contributed by atoms with E-state index in [1.54, 1.807) is 26.0 Å². The first-order chi connectivity index (χ1) is 13.0. The predicted molar refractivity (Wildman–Crippen MR) is 102 cm³/mol. The smallest absolute Gasteiger partial charge is 0.325 e. The van der Waals surface area contributed by atoms with E-state index in [0.29, 0.717) is 0 Å². The highest BCUT2D eigenvalue weighted by Gasteiger charge is 2.54. The number of aryl methyl sites for hydroxylation is 1. The summed E-state index contributed by atoms with van der Waals surface area (Å²) in [6, 6.07) is 4.14. The number of benzene rings is 1. The Morgan fingerprint density at radius 1 is 1.04 bits per heavy atom. The number of carbonyl (C=O) groups excluding carboxylic acids is 3. The van der Waals surface area contributed by atoms with Crippen LogP contribution < -0.4 is 4.72 Å². The number of nitrogens with one attached hydrogen (secondary N) is 1. The summed E-state index contributed by atoms with van der Waals surface area (Å²) in [5.74, 6) is -2.67. The van der Waals surface area contributed by atoms with Crippen LogP contribution in [0, 0.1) is 12.3 Å². The monoisotopic (exact) mass is 413 g/mol. The van der Waals surface area contributed by atoms with Gasteiger partial charge in [0.15, 0.2) is 11.2 Å². The van der Waals surface area contributed by atoms with Crippen molar-refractivity contribution in [3.05, 3.63) is 29.8 Å². The molecule has 2 unspecified atom stereocenters. The van der Waals surface area contributed by atoms with Crippen LogP contribution in [0.5, 0.6) is 0 Å². The lowest BCUT2D eigenvalue weighted by Gasteiger charge is -2.32. The molecule has 0 aromatic heterocycles. The standard InChI is InChI=1S/C19H27NO7S/c1-6-15(21)19(5,18(23)27-8-3)16(17(22)26-7-2)20-28(24,25)14-11-9-13(4)10-12-14/h9-12,16,20H,6-8H2,1-5H3. The van der Waals surface area contributed by atoms with E-state index in [9.17, 15) is 22.8 Å². The average Bonchev–Trinajstić information content (AvgIpc) is 2.65. The number of esters is 2. The number of rotatable bonds is 10. The molecular weight excluding hydrogens is 386 g/mol. The van der Waals surface area contributed by atoms with Gasteiger partial charge in [-0.2, -0.15) is 4.72 Å². The molecule has 28 heavy (non-hydrogen) atoms. The third-order valence-corrected chi connectivity index (χ3v) is 5.74. The van der Waals surface area contributed by atoms with Gasteiger partial charge in [-0.25, -0.2) is 8.42 Å². The molecule has 0 heterocycles. The number of hydrogen-bond acceptors (Lipinski definition) is 7. The van der Waals surface area contributed by atoms with Crippen LogP contribution in [0.1, 0.15) is 39.7 Å². The molecule has 156 valence electrons. The highest BCUT2D eigenvalue weighted by molar-refractivity contribution is 7.89. The second-order valence-electron chi connectivity index (χ2n) is 6.32. The van der Waals surface area contributed by atoms with Crippen LogP contribution >= 0.6 is 0 Å². The number of Topliss-reactive ketones (excluding diaryl/α,β-unsaturated/α-hetero) is 1. The fourth-order valence-corrected chi connectivity index (χ4v) is 3.88. The topological polar surface area (TPSA) is 116 Å². The molecule has 0 amide bonds. The summed E-state index contributed by atoms with van der Waals surface area (Å²) in [7, 11) is -4.22. The highest BCUT2D eigenvalue weighted by Crippen LogP contribution is 2.29. The van der Waals surface area contributed by atoms with Gasteiger partial charge in [0.1, 0.15) is 6.04 Å². The van der Waals surface area contributed by atoms with Crippen molar-refractivity contribution in [2.75, 3.05) is 13.2 Å². The first kappa shape index (κ1) is 23.8. The van der Waals surface area contributed by atoms with E-state index >= 15 is 0 Å². The van der Waals surface area contributed by atoms with Gasteiger partial charge in [-0.1, -0.05) is 24.6 Å². The van der Waals surface area contributed by atoms with Crippen molar-refractivity contribution in [2.24, 2.45) is 5.41 Å². The van der Waals surface area contributed by atoms with Gasteiger partial charge in [0.05, 0.1) is 18.1 Å². The minimum absolute atomic E-state index is 0.0360. The van der Waals surface area contributed by atoms with Crippen molar-refractivity contribution < 1.29 is 32.3 Å². The summed E-state index contributed by atoms with van der Waals surface area (Å²) >= 11 is 0. The van der Waals surface area contributed by atoms with E-state index in [1.165, 1.54) is 32.9 Å². The Morgan fingerprint density at radius 3 is 2.04 bits per heavy atom. The van der Waals surface area contributed by atoms with E-state index in [4.69, 9.17) is 9.47 Å². The normalized spacial score (nSPS) is 14.6. The molecule has 1 aromatic carbocycles. The second kappa shape index (κ2) is 9.79. The van der Waals surface area contributed by atoms with E-state index in [1.807, 2.05) is 0 Å². The predicted octanol–water partition coefficient (Wildman–Crippen LogP) is 1.75. The first-order valence-corrected chi connectivity index (χ1v) is 10.5. The minimum atomic E-state index is -4.22. The number of ketones is 1. The van der Waals surface area contributed by atoms with Crippen molar-refractivity contribution >= 4 is 27.7 Å². The molecule has 1 N–H and O–H groups in total. The van der Waals surface area contributed by atoms with Crippen molar-refractivity contribution in [1.29, 1.82) is 0 Å². The Kier molecular flexibility index (Phi) is 8.31. The maximum atomic E-state index is 12.8. The SMILES string of the molecule is CCOC(=O)C(NS(=O)(=O)c1ccc(C)cc1)C(C)(C(=O)CC)C(=O)OCC. The van der Waals surface area contributed by atoms with Crippen molar-refractivity contribution in [1.82, 2.24) is 4.72 Å². The van der Waals surface area contributed by atoms with Gasteiger partial charge in [-0.15, -0.1) is 0 Å². The van der Waals surface area contributed by atoms with Crippen LogP contribution in [-0.4, -0.2) is 45.4 Å². The second-order valence-corrected chi connectivity index (χ2v) is 8.03. The van der Waals surface area contributed by atoms with Crippen molar-refractivity contribution in [3.8, 4) is 0 Å². The van der Waals surface area contributed by atoms with Gasteiger partial charge in [-0.3, -0.25) is 14.4 Å². The van der Waals surface area contributed by atoms with Gasteiger partial charge in [0, 0.05) is 6.42 Å². The van der Waals surface area contributed by atoms with Crippen LogP contribution in [0.2, 0.25) is 0 Å². The molecule has 9 heteroatoms. The molecule has 8 nitrogen and oxygen atoms in total. The molecule has 1 aromatic rings. The molecule has 0 saturated carbocycles. The van der Waals surface area contributed by atoms with Crippen LogP contribution in [-0.2, 0) is 33.9 Å². The van der Waals surface area contributed by atoms with E-state index in [0.717, 1.165) is 5.56 Å². The Labute approximate surface area is 165 Å². The molecule has 0 saturated heterocycles. The van der Waals surface area contributed by atoms with Gasteiger partial charge in [0.25, 0.3) is 0 Å². The van der Waals surface area contributed by atoms with Crippen LogP contribution in [0.15, 0.2) is 29.2 Å². The Bertz CT molecular complexity index is 817. The largest absolute Gasteiger partial charge is 0.465 e. The zero-order valence-electron chi connectivity index (χ0n) is 16.8. The van der Waals surface area contributed by atoms with E-state index in [2.05, 4.69) is 4.72 Å². The molecule has 0 spiro atoms. The number of ether oxygens (including phenoxy) is 2. The zero-order valence-corrected chi connectivity index (χ0v) is 17.6. The third kappa shape index (κ3) is 5.17. The van der Waals surface area contributed by atoms with E-state index in [-0.39, 0.29) is 24.5 Å². The molecule has 0 radical (unpaired) electrons. The maximum Gasteiger partial charge on any atom is 0.325 e. The van der Waals surface area contributed by atoms with Crippen molar-refractivity contribution in [3.63, 3.8) is 0 Å². The molecule has 0 aliphatic heterocycles. The fourth-order valence-electron chi connectivity index (χ4n) is 2.61. The summed E-state index contributed by atoms with van der Waals surface area (Å²) in [5.41, 5.74) is -1.23. The van der Waals surface area contributed by atoms with Crippen LogP contribution in [0.25, 0.3) is 0 Å². The maximum absolute atomic E-state index is 12.8. The minimum Gasteiger partial charge on any atom is -0.465 e. The Morgan fingerprint density at radius 2 is 1.57 bits per heavy atom. The molecule has 0 bridgehead atoms. The van der Waals surface area contributed by atoms with Crippen LogP contribution in [0.3, 0.4) is 0 Å². The molecule has 2 atom stereocenters. The van der Waals surface area contributed by atoms with Gasteiger partial charge < -0.3 is 9.47 Å². The fraction of sp³-hybridized carbons (Fsp3) is 0.526. The summed E-state index contributed by atoms with van der Waals surface area (Å²) in [6.07, 6.45) is -0.0997. The van der Waals surface area contributed by atoms with Gasteiger partial charge in [0.2, 0.25) is 10.0 Å². The Balaban J connectivity index is 3.48. The van der Waals surface area contributed by atoms with Gasteiger partial charge in [-0.05, 0) is 39.8 Å². The van der Waals surface area contributed by atoms with Gasteiger partial charge >= 0.3 is 11.9 Å². The summed E-state index contributed by atoms with van der Waals surface area (Å²) in [4.78, 5) is 37.7. The summed E-state index contributed by atoms with van der Waals surface area (Å²) in [6.45, 7) is 7.49.